The molecule has 0 bridgehead atoms. The molecule has 1 aromatic rings. The fourth-order valence-corrected chi connectivity index (χ4v) is 2.60. The number of aryl methyl sites for hydroxylation is 1. The molecule has 0 unspecified atom stereocenters. The molecule has 0 aromatic heterocycles. The first-order valence-electron chi connectivity index (χ1n) is 7.97. The van der Waals surface area contributed by atoms with Gasteiger partial charge in [0.15, 0.2) is 6.61 Å². The molecule has 0 atom stereocenters. The summed E-state index contributed by atoms with van der Waals surface area (Å²) in [6.45, 7) is 5.87. The topological polar surface area (TPSA) is 58.6 Å². The Morgan fingerprint density at radius 1 is 1.27 bits per heavy atom. The molecule has 1 aliphatic rings. The number of amides is 2. The third-order valence-corrected chi connectivity index (χ3v) is 3.64. The Morgan fingerprint density at radius 3 is 2.68 bits per heavy atom. The zero-order valence-corrected chi connectivity index (χ0v) is 13.4. The van der Waals surface area contributed by atoms with E-state index >= 15 is 0 Å². The molecule has 0 spiro atoms. The van der Waals surface area contributed by atoms with E-state index in [-0.39, 0.29) is 18.4 Å². The Hall–Kier alpha value is -2.04. The normalized spacial score (nSPS) is 13.1. The lowest BCUT2D eigenvalue weighted by Crippen LogP contribution is -2.32. The smallest absolute Gasteiger partial charge is 0.262 e. The van der Waals surface area contributed by atoms with Crippen LogP contribution in [0.1, 0.15) is 38.7 Å². The van der Waals surface area contributed by atoms with Crippen LogP contribution >= 0.6 is 0 Å². The zero-order valence-electron chi connectivity index (χ0n) is 13.4. The lowest BCUT2D eigenvalue weighted by atomic mass is 10.1. The summed E-state index contributed by atoms with van der Waals surface area (Å²) < 4.78 is 5.33. The molecule has 1 aliphatic heterocycles. The number of fused-ring (bicyclic) bond motifs is 1. The van der Waals surface area contributed by atoms with Crippen LogP contribution in [0.3, 0.4) is 0 Å². The van der Waals surface area contributed by atoms with Crippen molar-refractivity contribution in [2.75, 3.05) is 25.0 Å². The van der Waals surface area contributed by atoms with Crippen molar-refractivity contribution in [1.82, 2.24) is 4.90 Å². The highest BCUT2D eigenvalue weighted by molar-refractivity contribution is 5.95. The highest BCUT2D eigenvalue weighted by Gasteiger charge is 2.17. The van der Waals surface area contributed by atoms with Gasteiger partial charge in [0, 0.05) is 19.5 Å². The van der Waals surface area contributed by atoms with Crippen molar-refractivity contribution in [3.8, 4) is 5.75 Å². The minimum Gasteiger partial charge on any atom is -0.482 e. The molecule has 22 heavy (non-hydrogen) atoms. The van der Waals surface area contributed by atoms with Gasteiger partial charge in [0.25, 0.3) is 5.91 Å². The van der Waals surface area contributed by atoms with Crippen molar-refractivity contribution >= 4 is 17.5 Å². The lowest BCUT2D eigenvalue weighted by Gasteiger charge is -2.22. The van der Waals surface area contributed by atoms with Crippen LogP contribution in [0.4, 0.5) is 5.69 Å². The Balaban J connectivity index is 1.95. The maximum atomic E-state index is 12.3. The van der Waals surface area contributed by atoms with Gasteiger partial charge >= 0.3 is 0 Å². The monoisotopic (exact) mass is 304 g/mol. The van der Waals surface area contributed by atoms with Crippen LogP contribution < -0.4 is 10.1 Å². The number of hydrogen-bond donors (Lipinski definition) is 1. The van der Waals surface area contributed by atoms with E-state index < -0.39 is 0 Å². The number of nitrogens with zero attached hydrogens (tertiary/aromatic N) is 1. The van der Waals surface area contributed by atoms with E-state index in [1.807, 2.05) is 23.1 Å². The van der Waals surface area contributed by atoms with Crippen LogP contribution in [0.25, 0.3) is 0 Å². The molecule has 0 fully saturated rings. The molecule has 1 aromatic carbocycles. The number of nitrogens with one attached hydrogen (secondary N) is 1. The molecule has 2 rings (SSSR count). The fourth-order valence-electron chi connectivity index (χ4n) is 2.60. The lowest BCUT2D eigenvalue weighted by molar-refractivity contribution is -0.131. The molecule has 1 heterocycles. The Kier molecular flexibility index (Phi) is 5.81. The first kappa shape index (κ1) is 16.3. The molecule has 5 heteroatoms. The number of benzene rings is 1. The minimum atomic E-state index is -0.141. The largest absolute Gasteiger partial charge is 0.482 e. The van der Waals surface area contributed by atoms with Crippen molar-refractivity contribution in [1.29, 1.82) is 0 Å². The van der Waals surface area contributed by atoms with Crippen molar-refractivity contribution in [3.05, 3.63) is 23.8 Å². The van der Waals surface area contributed by atoms with Crippen molar-refractivity contribution in [2.45, 2.75) is 39.5 Å². The minimum absolute atomic E-state index is 0.0633. The maximum absolute atomic E-state index is 12.3. The van der Waals surface area contributed by atoms with E-state index in [9.17, 15) is 9.59 Å². The summed E-state index contributed by atoms with van der Waals surface area (Å²) in [4.78, 5) is 25.5. The van der Waals surface area contributed by atoms with Crippen LogP contribution in [0.5, 0.6) is 5.75 Å². The van der Waals surface area contributed by atoms with Crippen molar-refractivity contribution in [3.63, 3.8) is 0 Å². The quantitative estimate of drug-likeness (QED) is 0.842. The van der Waals surface area contributed by atoms with Crippen molar-refractivity contribution in [2.24, 2.45) is 0 Å². The molecule has 120 valence electrons. The molecule has 0 aliphatic carbocycles. The van der Waals surface area contributed by atoms with Gasteiger partial charge in [-0.05, 0) is 37.0 Å². The van der Waals surface area contributed by atoms with E-state index in [1.165, 1.54) is 0 Å². The summed E-state index contributed by atoms with van der Waals surface area (Å²) >= 11 is 0. The fraction of sp³-hybridized carbons (Fsp3) is 0.529. The number of ether oxygens (including phenoxy) is 1. The highest BCUT2D eigenvalue weighted by Crippen LogP contribution is 2.28. The summed E-state index contributed by atoms with van der Waals surface area (Å²) in [6.07, 6.45) is 3.13. The second-order valence-electron chi connectivity index (χ2n) is 5.55. The molecule has 0 radical (unpaired) electrons. The third-order valence-electron chi connectivity index (χ3n) is 3.64. The van der Waals surface area contributed by atoms with Crippen LogP contribution in [0, 0.1) is 0 Å². The van der Waals surface area contributed by atoms with Gasteiger partial charge in [0.1, 0.15) is 5.75 Å². The molecule has 1 N–H and O–H groups in total. The summed E-state index contributed by atoms with van der Waals surface area (Å²) in [5.74, 6) is 0.743. The summed E-state index contributed by atoms with van der Waals surface area (Å²) in [7, 11) is 0. The van der Waals surface area contributed by atoms with Gasteiger partial charge < -0.3 is 15.0 Å². The van der Waals surface area contributed by atoms with Gasteiger partial charge in [0.2, 0.25) is 5.91 Å². The molecule has 5 nitrogen and oxygen atoms in total. The van der Waals surface area contributed by atoms with Crippen LogP contribution in [-0.2, 0) is 16.0 Å². The standard InChI is InChI=1S/C17H24N2O3/c1-3-9-19(10-4-2)17(21)8-6-13-5-7-15-14(11-13)18-16(20)12-22-15/h5,7,11H,3-4,6,8-10,12H2,1-2H3,(H,18,20). The van der Waals surface area contributed by atoms with E-state index in [4.69, 9.17) is 4.74 Å². The average Bonchev–Trinajstić information content (AvgIpc) is 2.52. The average molecular weight is 304 g/mol. The van der Waals surface area contributed by atoms with Crippen LogP contribution in [0.15, 0.2) is 18.2 Å². The summed E-state index contributed by atoms with van der Waals surface area (Å²) in [6, 6.07) is 5.70. The van der Waals surface area contributed by atoms with Crippen molar-refractivity contribution < 1.29 is 14.3 Å². The zero-order chi connectivity index (χ0) is 15.9. The predicted octanol–water partition coefficient (Wildman–Crippen LogP) is 2.60. The molecular formula is C17H24N2O3. The second-order valence-corrected chi connectivity index (χ2v) is 5.55. The van der Waals surface area contributed by atoms with Gasteiger partial charge in [-0.1, -0.05) is 19.9 Å². The molecule has 0 saturated heterocycles. The Labute approximate surface area is 131 Å². The number of anilines is 1. The van der Waals surface area contributed by atoms with E-state index in [0.717, 1.165) is 31.5 Å². The predicted molar refractivity (Wildman–Crippen MR) is 86.0 cm³/mol. The molecule has 2 amide bonds. The van der Waals surface area contributed by atoms with Gasteiger partial charge in [-0.15, -0.1) is 0 Å². The highest BCUT2D eigenvalue weighted by atomic mass is 16.5. The first-order valence-corrected chi connectivity index (χ1v) is 7.97. The first-order chi connectivity index (χ1) is 10.6. The number of carbonyl (C=O) groups excluding carboxylic acids is 2. The van der Waals surface area contributed by atoms with Gasteiger partial charge in [0.05, 0.1) is 5.69 Å². The van der Waals surface area contributed by atoms with E-state index in [2.05, 4.69) is 19.2 Å². The maximum Gasteiger partial charge on any atom is 0.262 e. The summed E-state index contributed by atoms with van der Waals surface area (Å²) in [5.41, 5.74) is 1.73. The number of hydrogen-bond acceptors (Lipinski definition) is 3. The van der Waals surface area contributed by atoms with Gasteiger partial charge in [-0.2, -0.15) is 0 Å². The van der Waals surface area contributed by atoms with Gasteiger partial charge in [-0.3, -0.25) is 9.59 Å². The van der Waals surface area contributed by atoms with E-state index in [0.29, 0.717) is 24.3 Å². The number of carbonyl (C=O) groups is 2. The summed E-state index contributed by atoms with van der Waals surface area (Å²) in [5, 5.41) is 2.79. The SMILES string of the molecule is CCCN(CCC)C(=O)CCc1ccc2c(c1)NC(=O)CO2. The number of rotatable bonds is 7. The molecule has 0 saturated carbocycles. The van der Waals surface area contributed by atoms with Crippen LogP contribution in [0.2, 0.25) is 0 Å². The van der Waals surface area contributed by atoms with Gasteiger partial charge in [-0.25, -0.2) is 0 Å². The third kappa shape index (κ3) is 4.23. The Morgan fingerprint density at radius 2 is 2.00 bits per heavy atom. The second kappa shape index (κ2) is 7.82. The Bertz CT molecular complexity index is 537. The van der Waals surface area contributed by atoms with Crippen LogP contribution in [-0.4, -0.2) is 36.4 Å². The van der Waals surface area contributed by atoms with E-state index in [1.54, 1.807) is 0 Å². The molecular weight excluding hydrogens is 280 g/mol.